The molecule has 0 aliphatic heterocycles. The SMILES string of the molecule is [CH2-]c1ccccc1-c1cccc[n+]1[CH2-].[CH2-]c1ccccc1-c1cccc[n+]1[CH2-].[CH2-]c1ccccc1-c1ccccn1.[Ir]. The zero-order valence-electron chi connectivity index (χ0n) is 23.6. The molecule has 4 heteroatoms. The van der Waals surface area contributed by atoms with Crippen molar-refractivity contribution < 1.29 is 29.2 Å². The molecule has 6 aromatic rings. The van der Waals surface area contributed by atoms with E-state index in [9.17, 15) is 0 Å². The molecule has 3 heterocycles. The summed E-state index contributed by atoms with van der Waals surface area (Å²) in [4.78, 5) is 4.27. The van der Waals surface area contributed by atoms with Crippen LogP contribution in [-0.4, -0.2) is 4.98 Å². The molecule has 42 heavy (non-hydrogen) atoms. The van der Waals surface area contributed by atoms with E-state index in [0.29, 0.717) is 0 Å². The Kier molecular flexibility index (Phi) is 11.9. The molecule has 0 bridgehead atoms. The van der Waals surface area contributed by atoms with E-state index in [0.717, 1.165) is 50.5 Å². The van der Waals surface area contributed by atoms with Gasteiger partial charge in [0, 0.05) is 46.1 Å². The number of hydrogen-bond donors (Lipinski definition) is 0. The Morgan fingerprint density at radius 1 is 0.429 bits per heavy atom. The Hall–Kier alpha value is -4.89. The van der Waals surface area contributed by atoms with Gasteiger partial charge in [0.05, 0.1) is 23.8 Å². The summed E-state index contributed by atoms with van der Waals surface area (Å²) in [7, 11) is 7.85. The van der Waals surface area contributed by atoms with Crippen LogP contribution in [0.2, 0.25) is 0 Å². The summed E-state index contributed by atoms with van der Waals surface area (Å²) in [5.41, 5.74) is 9.56. The summed E-state index contributed by atoms with van der Waals surface area (Å²) in [6.07, 6.45) is 5.66. The molecule has 0 saturated carbocycles. The molecule has 0 spiro atoms. The Bertz CT molecular complexity index is 1520. The van der Waals surface area contributed by atoms with Crippen LogP contribution in [0.25, 0.3) is 33.8 Å². The van der Waals surface area contributed by atoms with Gasteiger partial charge in [-0.3, -0.25) is 4.98 Å². The minimum atomic E-state index is 0. The first-order valence-corrected chi connectivity index (χ1v) is 13.2. The molecule has 0 fully saturated rings. The van der Waals surface area contributed by atoms with E-state index < -0.39 is 0 Å². The molecule has 0 N–H and O–H groups in total. The Labute approximate surface area is 264 Å². The van der Waals surface area contributed by atoms with Crippen molar-refractivity contribution in [2.75, 3.05) is 0 Å². The maximum Gasteiger partial charge on any atom is 0.0686 e. The summed E-state index contributed by atoms with van der Waals surface area (Å²) in [6.45, 7) is 12.0. The third-order valence-corrected chi connectivity index (χ3v) is 6.43. The zero-order valence-corrected chi connectivity index (χ0v) is 26.0. The number of nitrogens with zero attached hydrogens (tertiary/aromatic N) is 3. The number of pyridine rings is 3. The molecule has 3 aromatic heterocycles. The van der Waals surface area contributed by atoms with Crippen LogP contribution in [0.3, 0.4) is 0 Å². The van der Waals surface area contributed by atoms with Gasteiger partial charge in [-0.1, -0.05) is 60.7 Å². The topological polar surface area (TPSA) is 20.6 Å². The van der Waals surface area contributed by atoms with Crippen molar-refractivity contribution in [2.45, 2.75) is 0 Å². The maximum absolute atomic E-state index is 4.27. The fourth-order valence-electron chi connectivity index (χ4n) is 4.27. The van der Waals surface area contributed by atoms with Crippen LogP contribution in [0, 0.1) is 34.9 Å². The largest absolute Gasteiger partial charge is 0.343 e. The van der Waals surface area contributed by atoms with Gasteiger partial charge in [0.1, 0.15) is 0 Å². The zero-order chi connectivity index (χ0) is 29.0. The molecular weight excluding hydrogens is 691 g/mol. The molecule has 0 aliphatic carbocycles. The minimum Gasteiger partial charge on any atom is -0.343 e. The summed E-state index contributed by atoms with van der Waals surface area (Å²) in [5, 5.41) is 0. The van der Waals surface area contributed by atoms with Gasteiger partial charge < -0.3 is 9.13 Å². The molecule has 1 radical (unpaired) electrons. The fraction of sp³-hybridized carbons (Fsp3) is 0. The molecule has 3 aromatic carbocycles. The molecule has 3 nitrogen and oxygen atoms in total. The van der Waals surface area contributed by atoms with E-state index in [2.05, 4.69) is 52.0 Å². The smallest absolute Gasteiger partial charge is 0.0686 e. The Balaban J connectivity index is 0.000000171. The first kappa shape index (κ1) is 31.6. The number of benzene rings is 3. The third-order valence-electron chi connectivity index (χ3n) is 6.43. The average Bonchev–Trinajstić information content (AvgIpc) is 3.00. The van der Waals surface area contributed by atoms with Gasteiger partial charge in [-0.15, -0.1) is 53.1 Å². The van der Waals surface area contributed by atoms with Crippen LogP contribution in [0.4, 0.5) is 0 Å². The molecule has 0 aliphatic rings. The van der Waals surface area contributed by atoms with Gasteiger partial charge in [-0.05, 0) is 12.1 Å². The second-order valence-corrected chi connectivity index (χ2v) is 9.30. The van der Waals surface area contributed by atoms with E-state index in [1.54, 1.807) is 6.20 Å². The van der Waals surface area contributed by atoms with Crippen molar-refractivity contribution >= 4 is 0 Å². The molecule has 6 rings (SSSR count). The quantitative estimate of drug-likeness (QED) is 0.135. The molecule has 0 saturated heterocycles. The molecule has 213 valence electrons. The van der Waals surface area contributed by atoms with E-state index in [1.807, 2.05) is 137 Å². The first-order chi connectivity index (χ1) is 20.0. The summed E-state index contributed by atoms with van der Waals surface area (Å²) < 4.78 is 3.70. The second kappa shape index (κ2) is 15.8. The van der Waals surface area contributed by atoms with Crippen molar-refractivity contribution in [1.29, 1.82) is 0 Å². The molecule has 0 unspecified atom stereocenters. The van der Waals surface area contributed by atoms with Crippen LogP contribution in [-0.2, 0) is 20.1 Å². The Morgan fingerprint density at radius 2 is 0.810 bits per heavy atom. The molecule has 0 atom stereocenters. The summed E-state index contributed by atoms with van der Waals surface area (Å²) in [5.74, 6) is 0. The van der Waals surface area contributed by atoms with Gasteiger partial charge in [-0.2, -0.15) is 55.7 Å². The number of hydrogen-bond acceptors (Lipinski definition) is 1. The molecular formula is C38H34IrN3-3. The summed E-state index contributed by atoms with van der Waals surface area (Å²) in [6, 6.07) is 42.0. The van der Waals surface area contributed by atoms with Gasteiger partial charge >= 0.3 is 0 Å². The van der Waals surface area contributed by atoms with Crippen molar-refractivity contribution in [2.24, 2.45) is 0 Å². The average molecular weight is 725 g/mol. The second-order valence-electron chi connectivity index (χ2n) is 9.30. The van der Waals surface area contributed by atoms with Gasteiger partial charge in [0.2, 0.25) is 0 Å². The van der Waals surface area contributed by atoms with Crippen molar-refractivity contribution in [3.63, 3.8) is 0 Å². The number of rotatable bonds is 3. The third kappa shape index (κ3) is 8.31. The number of aromatic nitrogens is 3. The molecule has 0 amide bonds. The standard InChI is InChI=1S/2C13H12N.C12H10N.Ir/c2*1-11-7-3-4-8-12(11)13-9-5-6-10-14(13)2;1-10-6-2-3-7-11(10)12-8-4-5-9-13-12;/h2*3-10H,1-2H2;2-9H,1H2;/q3*-1;. The predicted molar refractivity (Wildman–Crippen MR) is 169 cm³/mol. The van der Waals surface area contributed by atoms with Gasteiger partial charge in [0.15, 0.2) is 0 Å². The van der Waals surface area contributed by atoms with E-state index in [-0.39, 0.29) is 20.1 Å². The monoisotopic (exact) mass is 725 g/mol. The van der Waals surface area contributed by atoms with E-state index >= 15 is 0 Å². The Morgan fingerprint density at radius 3 is 1.19 bits per heavy atom. The van der Waals surface area contributed by atoms with E-state index in [4.69, 9.17) is 0 Å². The normalized spacial score (nSPS) is 9.71. The fourth-order valence-corrected chi connectivity index (χ4v) is 4.27. The predicted octanol–water partition coefficient (Wildman–Crippen LogP) is 7.85. The van der Waals surface area contributed by atoms with Crippen LogP contribution in [0.15, 0.2) is 146 Å². The first-order valence-electron chi connectivity index (χ1n) is 13.2. The van der Waals surface area contributed by atoms with Crippen LogP contribution < -0.4 is 9.13 Å². The summed E-state index contributed by atoms with van der Waals surface area (Å²) >= 11 is 0. The van der Waals surface area contributed by atoms with Gasteiger partial charge in [-0.25, -0.2) is 0 Å². The maximum atomic E-state index is 4.27. The van der Waals surface area contributed by atoms with Crippen molar-refractivity contribution in [3.8, 4) is 33.8 Å². The van der Waals surface area contributed by atoms with E-state index in [1.165, 1.54) is 0 Å². The van der Waals surface area contributed by atoms with Crippen molar-refractivity contribution in [3.05, 3.63) is 198 Å². The van der Waals surface area contributed by atoms with Crippen LogP contribution >= 0.6 is 0 Å². The van der Waals surface area contributed by atoms with Crippen LogP contribution in [0.1, 0.15) is 16.7 Å². The van der Waals surface area contributed by atoms with Crippen LogP contribution in [0.5, 0.6) is 0 Å². The minimum absolute atomic E-state index is 0. The van der Waals surface area contributed by atoms with Gasteiger partial charge in [0.25, 0.3) is 0 Å². The van der Waals surface area contributed by atoms with Crippen molar-refractivity contribution in [1.82, 2.24) is 4.98 Å².